The van der Waals surface area contributed by atoms with Gasteiger partial charge >= 0.3 is 0 Å². The van der Waals surface area contributed by atoms with Crippen LogP contribution in [-0.2, 0) is 4.79 Å². The van der Waals surface area contributed by atoms with Gasteiger partial charge in [-0.05, 0) is 79.4 Å². The number of fused-ring (bicyclic) bond motifs is 5. The van der Waals surface area contributed by atoms with Crippen LogP contribution in [0.4, 0.5) is 0 Å². The van der Waals surface area contributed by atoms with Crippen LogP contribution in [0, 0.1) is 39.9 Å². The molecule has 4 saturated carbocycles. The molecule has 22 heavy (non-hydrogen) atoms. The lowest BCUT2D eigenvalue weighted by molar-refractivity contribution is -0.151. The zero-order chi connectivity index (χ0) is 15.8. The predicted molar refractivity (Wildman–Crippen MR) is 90.5 cm³/mol. The van der Waals surface area contributed by atoms with Crippen LogP contribution in [0.2, 0.25) is 0 Å². The first kappa shape index (κ1) is 15.2. The summed E-state index contributed by atoms with van der Waals surface area (Å²) in [6, 6.07) is 0. The Bertz CT molecular complexity index is 492. The number of carbonyl (C=O) groups is 1. The Labute approximate surface area is 136 Å². The van der Waals surface area contributed by atoms with Crippen LogP contribution in [0.3, 0.4) is 0 Å². The van der Waals surface area contributed by atoms with Gasteiger partial charge in [-0.2, -0.15) is 0 Å². The van der Waals surface area contributed by atoms with Crippen molar-refractivity contribution in [2.24, 2.45) is 39.9 Å². The van der Waals surface area contributed by atoms with Crippen molar-refractivity contribution >= 4 is 5.78 Å². The molecule has 6 atom stereocenters. The van der Waals surface area contributed by atoms with Crippen molar-refractivity contribution in [1.29, 1.82) is 0 Å². The first-order chi connectivity index (χ1) is 10.3. The van der Waals surface area contributed by atoms with Gasteiger partial charge in [0.1, 0.15) is 5.78 Å². The van der Waals surface area contributed by atoms with Crippen LogP contribution in [0.1, 0.15) is 85.5 Å². The highest BCUT2D eigenvalue weighted by Crippen LogP contribution is 2.68. The molecule has 0 radical (unpaired) electrons. The summed E-state index contributed by atoms with van der Waals surface area (Å²) in [6.45, 7) is 10.0. The minimum atomic E-state index is 0.0501. The van der Waals surface area contributed by atoms with Crippen molar-refractivity contribution < 1.29 is 4.79 Å². The predicted octanol–water partition coefficient (Wildman–Crippen LogP) is 5.62. The Morgan fingerprint density at radius 2 is 1.64 bits per heavy atom. The lowest BCUT2D eigenvalue weighted by atomic mass is 9.42. The van der Waals surface area contributed by atoms with Crippen LogP contribution < -0.4 is 0 Å². The zero-order valence-corrected chi connectivity index (χ0v) is 15.1. The highest BCUT2D eigenvalue weighted by molar-refractivity contribution is 5.87. The van der Waals surface area contributed by atoms with E-state index in [1.54, 1.807) is 0 Å². The van der Waals surface area contributed by atoms with E-state index in [1.807, 2.05) is 0 Å². The van der Waals surface area contributed by atoms with E-state index in [1.165, 1.54) is 51.4 Å². The summed E-state index contributed by atoms with van der Waals surface area (Å²) in [7, 11) is 0. The van der Waals surface area contributed by atoms with Gasteiger partial charge in [0.2, 0.25) is 0 Å². The topological polar surface area (TPSA) is 17.1 Å². The van der Waals surface area contributed by atoms with Gasteiger partial charge < -0.3 is 0 Å². The van der Waals surface area contributed by atoms with Gasteiger partial charge in [-0.15, -0.1) is 0 Å². The second-order valence-corrected chi connectivity index (χ2v) is 10.3. The van der Waals surface area contributed by atoms with Gasteiger partial charge in [0.05, 0.1) is 0 Å². The van der Waals surface area contributed by atoms with Crippen LogP contribution in [0.15, 0.2) is 0 Å². The summed E-state index contributed by atoms with van der Waals surface area (Å²) in [4.78, 5) is 12.5. The van der Waals surface area contributed by atoms with Gasteiger partial charge in [-0.3, -0.25) is 4.79 Å². The second-order valence-electron chi connectivity index (χ2n) is 10.3. The molecule has 0 heterocycles. The molecule has 0 N–H and O–H groups in total. The van der Waals surface area contributed by atoms with Crippen LogP contribution in [0.25, 0.3) is 0 Å². The molecule has 4 fully saturated rings. The number of hydrogen-bond donors (Lipinski definition) is 0. The number of hydrogen-bond acceptors (Lipinski definition) is 1. The summed E-state index contributed by atoms with van der Waals surface area (Å²) in [5.74, 6) is 3.96. The molecule has 1 unspecified atom stereocenters. The molecule has 1 heteroatoms. The quantitative estimate of drug-likeness (QED) is 0.567. The normalized spacial score (nSPS) is 53.5. The smallest absolute Gasteiger partial charge is 0.139 e. The molecular formula is C21H34O. The SMILES string of the molecule is CC1(C)CCC[C@@]2(C)C1CC[C@@H]1[C@@H]2CC[C@]2(C)C(=O)CC[C@@H]12. The summed E-state index contributed by atoms with van der Waals surface area (Å²) in [5.41, 5.74) is 1.14. The van der Waals surface area contributed by atoms with Gasteiger partial charge in [0.25, 0.3) is 0 Å². The van der Waals surface area contributed by atoms with Gasteiger partial charge in [0, 0.05) is 11.8 Å². The second kappa shape index (κ2) is 4.61. The molecule has 0 bridgehead atoms. The third-order valence-electron chi connectivity index (χ3n) is 9.06. The molecule has 0 amide bonds. The molecule has 0 aromatic carbocycles. The molecule has 0 saturated heterocycles. The average Bonchev–Trinajstić information content (AvgIpc) is 2.74. The largest absolute Gasteiger partial charge is 0.299 e. The zero-order valence-electron chi connectivity index (χ0n) is 15.1. The van der Waals surface area contributed by atoms with E-state index < -0.39 is 0 Å². The summed E-state index contributed by atoms with van der Waals surface area (Å²) in [6.07, 6.45) is 11.7. The van der Waals surface area contributed by atoms with Gasteiger partial charge in [0.15, 0.2) is 0 Å². The maximum absolute atomic E-state index is 12.5. The minimum Gasteiger partial charge on any atom is -0.299 e. The lowest BCUT2D eigenvalue weighted by Gasteiger charge is -2.63. The monoisotopic (exact) mass is 302 g/mol. The van der Waals surface area contributed by atoms with Crippen molar-refractivity contribution in [2.75, 3.05) is 0 Å². The van der Waals surface area contributed by atoms with Gasteiger partial charge in [-0.1, -0.05) is 34.1 Å². The van der Waals surface area contributed by atoms with E-state index in [0.29, 0.717) is 22.5 Å². The van der Waals surface area contributed by atoms with Crippen LogP contribution >= 0.6 is 0 Å². The first-order valence-electron chi connectivity index (χ1n) is 9.82. The molecule has 0 spiro atoms. The van der Waals surface area contributed by atoms with Crippen molar-refractivity contribution in [3.63, 3.8) is 0 Å². The minimum absolute atomic E-state index is 0.0501. The van der Waals surface area contributed by atoms with Crippen molar-refractivity contribution in [3.8, 4) is 0 Å². The Balaban J connectivity index is 1.68. The fraction of sp³-hybridized carbons (Fsp3) is 0.952. The van der Waals surface area contributed by atoms with E-state index in [-0.39, 0.29) is 5.41 Å². The molecular weight excluding hydrogens is 268 g/mol. The molecule has 0 aliphatic heterocycles. The lowest BCUT2D eigenvalue weighted by Crippen LogP contribution is -2.56. The fourth-order valence-electron chi connectivity index (χ4n) is 7.97. The van der Waals surface area contributed by atoms with E-state index in [0.717, 1.165) is 24.2 Å². The molecule has 4 aliphatic rings. The number of Topliss-reactive ketones (excluding diaryl/α,β-unsaturated/α-hetero) is 1. The molecule has 4 rings (SSSR count). The summed E-state index contributed by atoms with van der Waals surface area (Å²) in [5, 5.41) is 0. The summed E-state index contributed by atoms with van der Waals surface area (Å²) >= 11 is 0. The Morgan fingerprint density at radius 3 is 2.41 bits per heavy atom. The molecule has 0 aromatic heterocycles. The maximum Gasteiger partial charge on any atom is 0.139 e. The van der Waals surface area contributed by atoms with E-state index in [2.05, 4.69) is 27.7 Å². The number of carbonyl (C=O) groups excluding carboxylic acids is 1. The van der Waals surface area contributed by atoms with E-state index >= 15 is 0 Å². The van der Waals surface area contributed by atoms with E-state index in [4.69, 9.17) is 0 Å². The number of rotatable bonds is 0. The maximum atomic E-state index is 12.5. The van der Waals surface area contributed by atoms with Crippen LogP contribution in [-0.4, -0.2) is 5.78 Å². The average molecular weight is 303 g/mol. The fourth-order valence-corrected chi connectivity index (χ4v) is 7.97. The van der Waals surface area contributed by atoms with Gasteiger partial charge in [-0.25, -0.2) is 0 Å². The molecule has 1 nitrogen and oxygen atoms in total. The van der Waals surface area contributed by atoms with E-state index in [9.17, 15) is 4.79 Å². The molecule has 0 aromatic rings. The standard InChI is InChI=1S/C21H34O/c1-19(2)11-5-12-20(3)16-10-13-21(4)15(7-9-18(21)22)14(16)6-8-17(19)20/h14-17H,5-13H2,1-4H3/t14-,15-,16-,17?,20+,21-/m0/s1. The molecule has 124 valence electrons. The van der Waals surface area contributed by atoms with Crippen molar-refractivity contribution in [2.45, 2.75) is 85.5 Å². The van der Waals surface area contributed by atoms with Crippen molar-refractivity contribution in [3.05, 3.63) is 0 Å². The first-order valence-corrected chi connectivity index (χ1v) is 9.82. The van der Waals surface area contributed by atoms with Crippen molar-refractivity contribution in [1.82, 2.24) is 0 Å². The highest BCUT2D eigenvalue weighted by Gasteiger charge is 2.61. The highest BCUT2D eigenvalue weighted by atomic mass is 16.1. The third-order valence-corrected chi connectivity index (χ3v) is 9.06. The Hall–Kier alpha value is -0.330. The molecule has 4 aliphatic carbocycles. The Kier molecular flexibility index (Phi) is 3.18. The Morgan fingerprint density at radius 1 is 0.864 bits per heavy atom. The number of ketones is 1. The van der Waals surface area contributed by atoms with Crippen LogP contribution in [0.5, 0.6) is 0 Å². The summed E-state index contributed by atoms with van der Waals surface area (Å²) < 4.78 is 0. The third kappa shape index (κ3) is 1.80.